The lowest BCUT2D eigenvalue weighted by atomic mass is 9.52. The minimum absolute atomic E-state index is 0.0783. The van der Waals surface area contributed by atoms with Gasteiger partial charge in [0.1, 0.15) is 0 Å². The van der Waals surface area contributed by atoms with Gasteiger partial charge in [0.15, 0.2) is 0 Å². The lowest BCUT2D eigenvalue weighted by Crippen LogP contribution is -2.62. The fourth-order valence-electron chi connectivity index (χ4n) is 5.54. The lowest BCUT2D eigenvalue weighted by Gasteiger charge is -2.59. The summed E-state index contributed by atoms with van der Waals surface area (Å²) in [6, 6.07) is 9.91. The van der Waals surface area contributed by atoms with Gasteiger partial charge in [0.05, 0.1) is 5.60 Å². The molecular weight excluding hydrogens is 278 g/mol. The van der Waals surface area contributed by atoms with Crippen molar-refractivity contribution in [3.05, 3.63) is 35.9 Å². The number of carbonyl (C=O) groups is 1. The second kappa shape index (κ2) is 4.98. The van der Waals surface area contributed by atoms with Crippen LogP contribution in [0.3, 0.4) is 0 Å². The molecule has 0 heterocycles. The summed E-state index contributed by atoms with van der Waals surface area (Å²) in [6.07, 6.45) is 3.84. The lowest BCUT2D eigenvalue weighted by molar-refractivity contribution is -0.156. The third-order valence-corrected chi connectivity index (χ3v) is 5.99. The van der Waals surface area contributed by atoms with E-state index in [1.165, 1.54) is 0 Å². The second-order valence-electron chi connectivity index (χ2n) is 7.58. The number of aliphatic hydroxyl groups is 1. The van der Waals surface area contributed by atoms with Gasteiger partial charge < -0.3 is 15.1 Å². The zero-order chi connectivity index (χ0) is 15.3. The van der Waals surface area contributed by atoms with Gasteiger partial charge in [-0.05, 0) is 55.4 Å². The van der Waals surface area contributed by atoms with Crippen molar-refractivity contribution in [1.29, 1.82) is 0 Å². The number of hydrogen-bond acceptors (Lipinski definition) is 2. The van der Waals surface area contributed by atoms with E-state index in [1.807, 2.05) is 30.3 Å². The molecular formula is C18H23NO3. The molecule has 1 aromatic carbocycles. The van der Waals surface area contributed by atoms with Crippen LogP contribution in [0.2, 0.25) is 0 Å². The van der Waals surface area contributed by atoms with Crippen molar-refractivity contribution < 1.29 is 15.0 Å². The van der Waals surface area contributed by atoms with Crippen molar-refractivity contribution in [2.24, 2.45) is 17.8 Å². The summed E-state index contributed by atoms with van der Waals surface area (Å²) >= 11 is 0. The zero-order valence-corrected chi connectivity index (χ0v) is 12.7. The molecule has 0 radical (unpaired) electrons. The van der Waals surface area contributed by atoms with Gasteiger partial charge in [-0.1, -0.05) is 30.3 Å². The van der Waals surface area contributed by atoms with Crippen LogP contribution in [0.5, 0.6) is 0 Å². The van der Waals surface area contributed by atoms with Crippen LogP contribution in [-0.2, 0) is 6.54 Å². The van der Waals surface area contributed by atoms with E-state index in [2.05, 4.69) is 0 Å². The Morgan fingerprint density at radius 2 is 1.77 bits per heavy atom. The number of rotatable bonds is 3. The topological polar surface area (TPSA) is 60.8 Å². The molecule has 22 heavy (non-hydrogen) atoms. The monoisotopic (exact) mass is 301 g/mol. The molecule has 1 amide bonds. The summed E-state index contributed by atoms with van der Waals surface area (Å²) in [5, 5.41) is 20.4. The average molecular weight is 301 g/mol. The molecule has 4 saturated carbocycles. The van der Waals surface area contributed by atoms with E-state index in [-0.39, 0.29) is 6.04 Å². The van der Waals surface area contributed by atoms with Crippen molar-refractivity contribution in [1.82, 2.24) is 4.90 Å². The molecule has 2 unspecified atom stereocenters. The second-order valence-corrected chi connectivity index (χ2v) is 7.58. The largest absolute Gasteiger partial charge is 0.465 e. The first-order chi connectivity index (χ1) is 10.5. The SMILES string of the molecule is O=C(O)N(Cc1ccccc1)C1C2C[C@@H]3C[C@@H]1C[C@@](O)(C2)C3. The summed E-state index contributed by atoms with van der Waals surface area (Å²) < 4.78 is 0. The maximum Gasteiger partial charge on any atom is 0.407 e. The van der Waals surface area contributed by atoms with E-state index in [9.17, 15) is 15.0 Å². The highest BCUT2D eigenvalue weighted by Crippen LogP contribution is 2.57. The molecule has 4 nitrogen and oxygen atoms in total. The Morgan fingerprint density at radius 1 is 1.14 bits per heavy atom. The molecule has 118 valence electrons. The van der Waals surface area contributed by atoms with Gasteiger partial charge in [-0.15, -0.1) is 0 Å². The van der Waals surface area contributed by atoms with E-state index in [4.69, 9.17) is 0 Å². The number of amides is 1. The molecule has 5 rings (SSSR count). The van der Waals surface area contributed by atoms with E-state index < -0.39 is 11.7 Å². The van der Waals surface area contributed by atoms with Crippen LogP contribution < -0.4 is 0 Å². The fourth-order valence-corrected chi connectivity index (χ4v) is 5.54. The predicted molar refractivity (Wildman–Crippen MR) is 82.3 cm³/mol. The molecule has 4 aliphatic rings. The predicted octanol–water partition coefficient (Wildman–Crippen LogP) is 3.11. The smallest absolute Gasteiger partial charge is 0.407 e. The molecule has 0 spiro atoms. The third-order valence-electron chi connectivity index (χ3n) is 5.99. The zero-order valence-electron chi connectivity index (χ0n) is 12.7. The van der Waals surface area contributed by atoms with Gasteiger partial charge in [-0.2, -0.15) is 0 Å². The maximum absolute atomic E-state index is 11.9. The van der Waals surface area contributed by atoms with Gasteiger partial charge in [0.2, 0.25) is 0 Å². The van der Waals surface area contributed by atoms with Crippen LogP contribution in [0.4, 0.5) is 4.79 Å². The van der Waals surface area contributed by atoms with Crippen LogP contribution in [-0.4, -0.2) is 32.8 Å². The molecule has 0 aliphatic heterocycles. The van der Waals surface area contributed by atoms with Gasteiger partial charge in [0.25, 0.3) is 0 Å². The molecule has 4 bridgehead atoms. The minimum atomic E-state index is -0.826. The molecule has 4 aliphatic carbocycles. The van der Waals surface area contributed by atoms with Crippen molar-refractivity contribution in [3.8, 4) is 0 Å². The van der Waals surface area contributed by atoms with E-state index >= 15 is 0 Å². The Kier molecular flexibility index (Phi) is 3.19. The summed E-state index contributed by atoms with van der Waals surface area (Å²) in [5.41, 5.74) is 0.529. The highest BCUT2D eigenvalue weighted by atomic mass is 16.4. The van der Waals surface area contributed by atoms with Crippen LogP contribution in [0.25, 0.3) is 0 Å². The first kappa shape index (κ1) is 14.1. The summed E-state index contributed by atoms with van der Waals surface area (Å²) in [4.78, 5) is 13.5. The molecule has 1 aromatic rings. The number of carboxylic acid groups (broad SMARTS) is 1. The van der Waals surface area contributed by atoms with Crippen molar-refractivity contribution in [2.75, 3.05) is 0 Å². The number of hydrogen-bond donors (Lipinski definition) is 2. The first-order valence-corrected chi connectivity index (χ1v) is 8.30. The molecule has 2 N–H and O–H groups in total. The van der Waals surface area contributed by atoms with Crippen molar-refractivity contribution >= 4 is 6.09 Å². The van der Waals surface area contributed by atoms with Gasteiger partial charge in [-0.25, -0.2) is 4.79 Å². The first-order valence-electron chi connectivity index (χ1n) is 8.30. The highest BCUT2D eigenvalue weighted by Gasteiger charge is 2.56. The van der Waals surface area contributed by atoms with Crippen LogP contribution in [0.15, 0.2) is 30.3 Å². The van der Waals surface area contributed by atoms with E-state index in [0.717, 1.165) is 37.7 Å². The Labute approximate surface area is 130 Å². The molecule has 5 atom stereocenters. The van der Waals surface area contributed by atoms with Gasteiger partial charge in [-0.3, -0.25) is 0 Å². The molecule has 4 heteroatoms. The standard InChI is InChI=1S/C18H23NO3/c20-17(21)19(11-12-4-2-1-3-5-12)16-14-6-13-7-15(16)10-18(22,8-13)9-14/h1-5,13-16,22H,6-11H2,(H,20,21)/t13-,14+,15?,16?,18+/m0/s1. The summed E-state index contributed by atoms with van der Waals surface area (Å²) in [6.45, 7) is 0.455. The molecule has 0 saturated heterocycles. The molecule has 4 fully saturated rings. The Hall–Kier alpha value is -1.55. The summed E-state index contributed by atoms with van der Waals surface area (Å²) in [5.74, 6) is 1.26. The van der Waals surface area contributed by atoms with Crippen LogP contribution in [0, 0.1) is 17.8 Å². The quantitative estimate of drug-likeness (QED) is 0.902. The number of benzene rings is 1. The minimum Gasteiger partial charge on any atom is -0.465 e. The van der Waals surface area contributed by atoms with Crippen molar-refractivity contribution in [3.63, 3.8) is 0 Å². The van der Waals surface area contributed by atoms with Crippen LogP contribution in [0.1, 0.15) is 37.7 Å². The van der Waals surface area contributed by atoms with Crippen molar-refractivity contribution in [2.45, 2.75) is 50.3 Å². The summed E-state index contributed by atoms with van der Waals surface area (Å²) in [7, 11) is 0. The van der Waals surface area contributed by atoms with Gasteiger partial charge in [0, 0.05) is 12.6 Å². The normalized spacial score (nSPS) is 39.0. The number of nitrogens with zero attached hydrogens (tertiary/aromatic N) is 1. The molecule has 0 aromatic heterocycles. The van der Waals surface area contributed by atoms with Crippen LogP contribution >= 0.6 is 0 Å². The van der Waals surface area contributed by atoms with Gasteiger partial charge >= 0.3 is 6.09 Å². The third kappa shape index (κ3) is 2.30. The fraction of sp³-hybridized carbons (Fsp3) is 0.611. The Morgan fingerprint density at radius 3 is 2.32 bits per heavy atom. The maximum atomic E-state index is 11.9. The Bertz CT molecular complexity index is 557. The Balaban J connectivity index is 1.60. The van der Waals surface area contributed by atoms with E-state index in [0.29, 0.717) is 24.3 Å². The highest BCUT2D eigenvalue weighted by molar-refractivity contribution is 5.65. The average Bonchev–Trinajstić information content (AvgIpc) is 2.44. The van der Waals surface area contributed by atoms with E-state index in [1.54, 1.807) is 4.90 Å².